The van der Waals surface area contributed by atoms with Gasteiger partial charge in [0.05, 0.1) is 6.42 Å². The Morgan fingerprint density at radius 3 is 1.83 bits per heavy atom. The van der Waals surface area contributed by atoms with Crippen LogP contribution >= 0.6 is 0 Å². The van der Waals surface area contributed by atoms with E-state index in [9.17, 15) is 47.9 Å². The van der Waals surface area contributed by atoms with E-state index in [1.165, 1.54) is 48.2 Å². The molecule has 8 rings (SSSR count). The Labute approximate surface area is 622 Å². The molecule has 1 aromatic heterocycles. The number of hydrogen-bond donors (Lipinski definition) is 19. The summed E-state index contributed by atoms with van der Waals surface area (Å²) in [7, 11) is 0. The van der Waals surface area contributed by atoms with E-state index in [2.05, 4.69) is 68.8 Å². The quantitative estimate of drug-likeness (QED) is 0.0190. The molecule has 12 amide bonds. The molecule has 0 aliphatic carbocycles. The Morgan fingerprint density at radius 1 is 0.611 bits per heavy atom. The zero-order valence-corrected chi connectivity index (χ0v) is 60.3. The number of nitrogens with zero attached hydrogens (tertiary/aromatic N) is 1. The van der Waals surface area contributed by atoms with Gasteiger partial charge in [-0.05, 0) is 121 Å². The summed E-state index contributed by atoms with van der Waals surface area (Å²) in [6.07, 6.45) is -0.351. The van der Waals surface area contributed by atoms with E-state index in [1.54, 1.807) is 50.4 Å². The molecule has 2 saturated heterocycles. The van der Waals surface area contributed by atoms with Crippen molar-refractivity contribution in [2.75, 3.05) is 26.2 Å². The number of benzene rings is 5. The molecule has 33 heteroatoms. The average molecular weight is 1490 g/mol. The third-order valence-corrected chi connectivity index (χ3v) is 18.5. The summed E-state index contributed by atoms with van der Waals surface area (Å²) in [6, 6.07) is 15.5. The molecule has 3 heterocycles. The SMILES string of the molecule is CC(=O)N[C@H](Cc1ccc2ccccc2c1)C(=O)N[C@H](Cc1ccc(F)cc1)C(=O)N[C@H](Cc1c[nH]c2ccccc12)C(=O)N[C@H]1CC(=O)NCCC(C(N)=O)NC(=O)[C@@H]2CCCN2C(=O)[C@H](CCCNC(=N)N)NC(=O)[C@H](CC(C)C)NC(=O)[C@@H](CCCNC(=N)N)NC(=O)[C@H](Cc2ccc(O)cc2)NC1=O. The predicted molar refractivity (Wildman–Crippen MR) is 399 cm³/mol. The van der Waals surface area contributed by atoms with Gasteiger partial charge in [0.25, 0.3) is 0 Å². The van der Waals surface area contributed by atoms with Crippen LogP contribution in [0.1, 0.15) is 101 Å². The molecule has 2 aliphatic heterocycles. The lowest BCUT2D eigenvalue weighted by molar-refractivity contribution is -0.142. The van der Waals surface area contributed by atoms with Gasteiger partial charge in [-0.25, -0.2) is 4.39 Å². The van der Waals surface area contributed by atoms with Crippen LogP contribution in [-0.4, -0.2) is 184 Å². The molecule has 1 unspecified atom stereocenters. The number of aromatic nitrogens is 1. The highest BCUT2D eigenvalue weighted by atomic mass is 19.1. The highest BCUT2D eigenvalue weighted by Gasteiger charge is 2.41. The van der Waals surface area contributed by atoms with Gasteiger partial charge in [-0.3, -0.25) is 68.4 Å². The first kappa shape index (κ1) is 81.5. The fourth-order valence-electron chi connectivity index (χ4n) is 13.0. The van der Waals surface area contributed by atoms with E-state index in [4.69, 9.17) is 28.0 Å². The van der Waals surface area contributed by atoms with Crippen LogP contribution in [0, 0.1) is 22.6 Å². The summed E-state index contributed by atoms with van der Waals surface area (Å²) in [5.74, 6) is -12.7. The van der Waals surface area contributed by atoms with E-state index >= 15 is 19.2 Å². The lowest BCUT2D eigenvalue weighted by Gasteiger charge is -2.31. The summed E-state index contributed by atoms with van der Waals surface area (Å²) >= 11 is 0. The van der Waals surface area contributed by atoms with Gasteiger partial charge < -0.3 is 96.0 Å². The van der Waals surface area contributed by atoms with E-state index in [0.717, 1.165) is 22.9 Å². The molecule has 0 spiro atoms. The molecule has 5 aromatic carbocycles. The number of halogens is 1. The van der Waals surface area contributed by atoms with E-state index < -0.39 is 156 Å². The van der Waals surface area contributed by atoms with Crippen LogP contribution in [0.5, 0.6) is 5.75 Å². The topological polar surface area (TPSA) is 514 Å². The minimum absolute atomic E-state index is 0.0140. The molecule has 2 fully saturated rings. The number of aromatic hydroxyl groups is 1. The minimum atomic E-state index is -1.98. The molecule has 10 atom stereocenters. The average Bonchev–Trinajstić information content (AvgIpc) is 1.61. The number of nitrogens with one attached hydrogen (secondary N) is 15. The number of para-hydroxylation sites is 1. The first-order valence-electron chi connectivity index (χ1n) is 35.8. The third-order valence-electron chi connectivity index (χ3n) is 18.5. The van der Waals surface area contributed by atoms with Gasteiger partial charge in [0.1, 0.15) is 72.0 Å². The van der Waals surface area contributed by atoms with Crippen molar-refractivity contribution in [2.24, 2.45) is 23.1 Å². The van der Waals surface area contributed by atoms with Gasteiger partial charge in [-0.15, -0.1) is 0 Å². The number of fused-ring (bicyclic) bond motifs is 3. The van der Waals surface area contributed by atoms with Crippen LogP contribution in [-0.2, 0) is 83.2 Å². The smallest absolute Gasteiger partial charge is 0.245 e. The van der Waals surface area contributed by atoms with Crippen molar-refractivity contribution >= 4 is 104 Å². The fraction of sp³-hybridized carbons (Fsp3) is 0.413. The Bertz CT molecular complexity index is 4250. The van der Waals surface area contributed by atoms with Gasteiger partial charge in [-0.1, -0.05) is 98.8 Å². The monoisotopic (exact) mass is 1490 g/mol. The van der Waals surface area contributed by atoms with Crippen LogP contribution in [0.4, 0.5) is 4.39 Å². The number of phenols is 1. The van der Waals surface area contributed by atoms with Crippen LogP contribution in [0.3, 0.4) is 0 Å². The van der Waals surface area contributed by atoms with Gasteiger partial charge in [0.15, 0.2) is 11.9 Å². The molecule has 0 saturated carbocycles. The third kappa shape index (κ3) is 24.4. The van der Waals surface area contributed by atoms with Crippen LogP contribution in [0.15, 0.2) is 121 Å². The van der Waals surface area contributed by atoms with Crippen molar-refractivity contribution in [1.82, 2.24) is 73.7 Å². The van der Waals surface area contributed by atoms with Crippen LogP contribution in [0.2, 0.25) is 0 Å². The first-order valence-corrected chi connectivity index (χ1v) is 35.8. The summed E-state index contributed by atoms with van der Waals surface area (Å²) < 4.78 is 14.5. The Hall–Kier alpha value is -12.2. The zero-order valence-electron chi connectivity index (χ0n) is 60.3. The zero-order chi connectivity index (χ0) is 78.1. The van der Waals surface area contributed by atoms with Crippen molar-refractivity contribution in [3.63, 3.8) is 0 Å². The molecule has 0 radical (unpaired) electrons. The Balaban J connectivity index is 1.17. The lowest BCUT2D eigenvalue weighted by atomic mass is 9.99. The number of rotatable bonds is 26. The van der Waals surface area contributed by atoms with Gasteiger partial charge in [0, 0.05) is 75.9 Å². The number of nitrogens with two attached hydrogens (primary N) is 3. The maximum atomic E-state index is 15.5. The summed E-state index contributed by atoms with van der Waals surface area (Å²) in [5.41, 5.74) is 19.4. The molecule has 2 aliphatic rings. The van der Waals surface area contributed by atoms with Crippen LogP contribution in [0.25, 0.3) is 21.7 Å². The number of H-pyrrole nitrogens is 1. The number of amides is 12. The standard InChI is InChI=1S/C75H96FN19O13/c1-41(2)33-56-66(101)89-55(16-9-30-84-75(80)81)73(108)95-32-10-17-62(95)72(107)87-53(64(77)99)28-31-82-63(98)39-61(71(106)92-58(36-44-21-26-50(97)27-22-44)68(103)88-54(65(100)90-56)15-8-29-83-74(78)79)94-70(105)60(38-48-40-85-52-14-7-6-13-51(48)52)93-69(104)59(35-43-19-24-49(76)25-20-43)91-67(102)57(86-42(3)96)37-45-18-23-46-11-4-5-12-47(46)34-45/h4-7,11-14,18-27,34,40-41,53-62,85,97H,8-10,15-17,28-33,35-39H2,1-3H3,(H2,77,99)(H,82,98)(H,86,96)(H,87,107)(H,88,103)(H,89,101)(H,90,100)(H,91,102)(H,92,106)(H,93,104)(H,94,105)(H4,78,79,83)(H4,80,81,84)/t53?,54-,55+,56+,57-,58+,59-,60-,61+,62+/m1/s1. The number of guanidine groups is 2. The number of carbonyl (C=O) groups excluding carboxylic acids is 12. The van der Waals surface area contributed by atoms with E-state index in [-0.39, 0.29) is 108 Å². The van der Waals surface area contributed by atoms with Crippen molar-refractivity contribution < 1.29 is 67.0 Å². The number of hydrogen-bond acceptors (Lipinski definition) is 15. The molecule has 0 bridgehead atoms. The molecular weight excluding hydrogens is 1390 g/mol. The summed E-state index contributed by atoms with van der Waals surface area (Å²) in [5, 5.41) is 60.3. The second-order valence-corrected chi connectivity index (χ2v) is 27.4. The fourth-order valence-corrected chi connectivity index (χ4v) is 13.0. The Morgan fingerprint density at radius 2 is 1.18 bits per heavy atom. The normalized spacial score (nSPS) is 20.1. The summed E-state index contributed by atoms with van der Waals surface area (Å²) in [4.78, 5) is 180. The minimum Gasteiger partial charge on any atom is -0.508 e. The van der Waals surface area contributed by atoms with Crippen molar-refractivity contribution in [1.29, 1.82) is 10.8 Å². The molecule has 22 N–H and O–H groups in total. The largest absolute Gasteiger partial charge is 0.508 e. The number of carbonyl (C=O) groups is 12. The first-order chi connectivity index (χ1) is 51.6. The van der Waals surface area contributed by atoms with Gasteiger partial charge >= 0.3 is 0 Å². The molecular formula is C75H96FN19O13. The molecule has 576 valence electrons. The van der Waals surface area contributed by atoms with Crippen molar-refractivity contribution in [3.8, 4) is 5.75 Å². The van der Waals surface area contributed by atoms with Gasteiger partial charge in [-0.2, -0.15) is 0 Å². The number of aromatic amines is 1. The highest BCUT2D eigenvalue weighted by molar-refractivity contribution is 6.01. The second-order valence-electron chi connectivity index (χ2n) is 27.4. The highest BCUT2D eigenvalue weighted by Crippen LogP contribution is 2.24. The predicted octanol–water partition coefficient (Wildman–Crippen LogP) is -0.222. The number of primary amides is 1. The van der Waals surface area contributed by atoms with Crippen LogP contribution < -0.4 is 81.0 Å². The second kappa shape index (κ2) is 39.2. The maximum Gasteiger partial charge on any atom is 0.245 e. The maximum absolute atomic E-state index is 15.5. The van der Waals surface area contributed by atoms with Gasteiger partial charge in [0.2, 0.25) is 70.9 Å². The molecule has 32 nitrogen and oxygen atoms in total. The van der Waals surface area contributed by atoms with Crippen molar-refractivity contribution in [3.05, 3.63) is 150 Å². The lowest BCUT2D eigenvalue weighted by Crippen LogP contribution is -2.61. The van der Waals surface area contributed by atoms with E-state index in [1.807, 2.05) is 36.4 Å². The molecule has 6 aromatic rings. The Kier molecular flexibility index (Phi) is 29.6. The molecule has 108 heavy (non-hydrogen) atoms. The van der Waals surface area contributed by atoms with Crippen molar-refractivity contribution in [2.45, 2.75) is 165 Å². The number of phenolic OH excluding ortho intramolecular Hbond substituents is 1. The summed E-state index contributed by atoms with van der Waals surface area (Å²) in [6.45, 7) is 4.51. The van der Waals surface area contributed by atoms with E-state index in [0.29, 0.717) is 39.6 Å².